The fourth-order valence-corrected chi connectivity index (χ4v) is 3.05. The molecular weight excluding hydrogens is 290 g/mol. The van der Waals surface area contributed by atoms with E-state index in [9.17, 15) is 10.2 Å². The highest BCUT2D eigenvalue weighted by molar-refractivity contribution is 6.30. The van der Waals surface area contributed by atoms with Crippen LogP contribution in [0.25, 0.3) is 0 Å². The number of nitrogens with one attached hydrogen (secondary N) is 1. The van der Waals surface area contributed by atoms with Crippen molar-refractivity contribution in [2.24, 2.45) is 11.8 Å². The molecule has 4 nitrogen and oxygen atoms in total. The summed E-state index contributed by atoms with van der Waals surface area (Å²) in [5, 5.41) is 23.1. The molecule has 0 radical (unpaired) electrons. The maximum absolute atomic E-state index is 9.91. The van der Waals surface area contributed by atoms with Crippen LogP contribution >= 0.6 is 11.6 Å². The third-order valence-corrected chi connectivity index (χ3v) is 4.31. The molecule has 0 bridgehead atoms. The molecule has 3 unspecified atom stereocenters. The first kappa shape index (κ1) is 16.6. The summed E-state index contributed by atoms with van der Waals surface area (Å²) in [6.45, 7) is 1.85. The fraction of sp³-hybridized carbons (Fsp3) is 0.625. The minimum Gasteiger partial charge on any atom is -0.491 e. The molecule has 3 atom stereocenters. The second-order valence-electron chi connectivity index (χ2n) is 5.71. The Morgan fingerprint density at radius 2 is 2.14 bits per heavy atom. The van der Waals surface area contributed by atoms with Gasteiger partial charge in [0.1, 0.15) is 18.5 Å². The molecule has 1 aliphatic carbocycles. The quantitative estimate of drug-likeness (QED) is 0.687. The Bertz CT molecular complexity index is 430. The molecule has 0 heterocycles. The zero-order valence-electron chi connectivity index (χ0n) is 12.2. The molecule has 5 heteroatoms. The van der Waals surface area contributed by atoms with E-state index in [2.05, 4.69) is 5.32 Å². The second kappa shape index (κ2) is 8.59. The highest BCUT2D eigenvalue weighted by atomic mass is 35.5. The molecule has 1 fully saturated rings. The van der Waals surface area contributed by atoms with Crippen molar-refractivity contribution in [3.05, 3.63) is 29.3 Å². The van der Waals surface area contributed by atoms with Gasteiger partial charge in [0.2, 0.25) is 0 Å². The average molecular weight is 314 g/mol. The topological polar surface area (TPSA) is 61.7 Å². The third kappa shape index (κ3) is 5.47. The van der Waals surface area contributed by atoms with Gasteiger partial charge in [-0.1, -0.05) is 24.1 Å². The van der Waals surface area contributed by atoms with Crippen molar-refractivity contribution < 1.29 is 14.9 Å². The van der Waals surface area contributed by atoms with Crippen LogP contribution in [0, 0.1) is 11.8 Å². The van der Waals surface area contributed by atoms with Gasteiger partial charge in [-0.2, -0.15) is 0 Å². The molecule has 3 N–H and O–H groups in total. The number of aliphatic hydroxyl groups excluding tert-OH is 2. The SMILES string of the molecule is OCC1CCCC1CNCC(O)COc1cccc(Cl)c1. The number of hydrogen-bond acceptors (Lipinski definition) is 4. The van der Waals surface area contributed by atoms with Crippen molar-refractivity contribution in [2.45, 2.75) is 25.4 Å². The van der Waals surface area contributed by atoms with E-state index in [-0.39, 0.29) is 13.2 Å². The van der Waals surface area contributed by atoms with Gasteiger partial charge < -0.3 is 20.3 Å². The highest BCUT2D eigenvalue weighted by Crippen LogP contribution is 2.30. The van der Waals surface area contributed by atoms with Gasteiger partial charge in [0.25, 0.3) is 0 Å². The summed E-state index contributed by atoms with van der Waals surface area (Å²) >= 11 is 5.87. The monoisotopic (exact) mass is 313 g/mol. The van der Waals surface area contributed by atoms with E-state index in [1.54, 1.807) is 12.1 Å². The van der Waals surface area contributed by atoms with E-state index in [0.29, 0.717) is 29.2 Å². The lowest BCUT2D eigenvalue weighted by molar-refractivity contribution is 0.104. The summed E-state index contributed by atoms with van der Waals surface area (Å²) in [7, 11) is 0. The van der Waals surface area contributed by atoms with E-state index in [1.165, 1.54) is 6.42 Å². The van der Waals surface area contributed by atoms with Gasteiger partial charge in [0.05, 0.1) is 0 Å². The van der Waals surface area contributed by atoms with Crippen LogP contribution in [0.3, 0.4) is 0 Å². The van der Waals surface area contributed by atoms with E-state index in [0.717, 1.165) is 19.4 Å². The normalized spacial score (nSPS) is 23.2. The summed E-state index contributed by atoms with van der Waals surface area (Å²) < 4.78 is 5.50. The summed E-state index contributed by atoms with van der Waals surface area (Å²) in [4.78, 5) is 0. The predicted octanol–water partition coefficient (Wildman–Crippen LogP) is 2.08. The number of ether oxygens (including phenoxy) is 1. The van der Waals surface area contributed by atoms with Crippen molar-refractivity contribution in [1.82, 2.24) is 5.32 Å². The van der Waals surface area contributed by atoms with Gasteiger partial charge >= 0.3 is 0 Å². The van der Waals surface area contributed by atoms with Crippen molar-refractivity contribution in [3.63, 3.8) is 0 Å². The van der Waals surface area contributed by atoms with Gasteiger partial charge in [-0.25, -0.2) is 0 Å². The van der Waals surface area contributed by atoms with Crippen LogP contribution in [0.1, 0.15) is 19.3 Å². The second-order valence-corrected chi connectivity index (χ2v) is 6.15. The Hall–Kier alpha value is -0.810. The van der Waals surface area contributed by atoms with Crippen LogP contribution in [0.2, 0.25) is 5.02 Å². The predicted molar refractivity (Wildman–Crippen MR) is 83.7 cm³/mol. The lowest BCUT2D eigenvalue weighted by atomic mass is 9.97. The Labute approximate surface area is 131 Å². The fourth-order valence-electron chi connectivity index (χ4n) is 2.87. The van der Waals surface area contributed by atoms with Crippen LogP contribution in [0.4, 0.5) is 0 Å². The number of halogens is 1. The van der Waals surface area contributed by atoms with E-state index in [4.69, 9.17) is 16.3 Å². The van der Waals surface area contributed by atoms with Gasteiger partial charge in [-0.15, -0.1) is 0 Å². The molecule has 118 valence electrons. The summed E-state index contributed by atoms with van der Waals surface area (Å²) in [6, 6.07) is 7.14. The summed E-state index contributed by atoms with van der Waals surface area (Å²) in [6.07, 6.45) is 2.91. The first-order valence-electron chi connectivity index (χ1n) is 7.57. The smallest absolute Gasteiger partial charge is 0.120 e. The largest absolute Gasteiger partial charge is 0.491 e. The molecule has 0 saturated heterocycles. The minimum absolute atomic E-state index is 0.238. The molecule has 1 aliphatic rings. The first-order chi connectivity index (χ1) is 10.2. The van der Waals surface area contributed by atoms with Crippen molar-refractivity contribution >= 4 is 11.6 Å². The minimum atomic E-state index is -0.557. The molecule has 0 amide bonds. The van der Waals surface area contributed by atoms with E-state index in [1.807, 2.05) is 12.1 Å². The zero-order chi connectivity index (χ0) is 15.1. The van der Waals surface area contributed by atoms with Gasteiger partial charge in [0.15, 0.2) is 0 Å². The Kier molecular flexibility index (Phi) is 6.77. The van der Waals surface area contributed by atoms with Crippen LogP contribution in [-0.2, 0) is 0 Å². The van der Waals surface area contributed by atoms with Crippen molar-refractivity contribution in [2.75, 3.05) is 26.3 Å². The number of hydrogen-bond donors (Lipinski definition) is 3. The summed E-state index contributed by atoms with van der Waals surface area (Å²) in [5.41, 5.74) is 0. The molecule has 0 aliphatic heterocycles. The molecule has 0 aromatic heterocycles. The number of rotatable bonds is 8. The lowest BCUT2D eigenvalue weighted by Crippen LogP contribution is -2.35. The Morgan fingerprint density at radius 1 is 1.33 bits per heavy atom. The van der Waals surface area contributed by atoms with Crippen LogP contribution in [0.5, 0.6) is 5.75 Å². The van der Waals surface area contributed by atoms with Crippen LogP contribution in [-0.4, -0.2) is 42.6 Å². The van der Waals surface area contributed by atoms with E-state index < -0.39 is 6.10 Å². The average Bonchev–Trinajstić information content (AvgIpc) is 2.93. The van der Waals surface area contributed by atoms with Gasteiger partial charge in [-0.05, 0) is 49.4 Å². The number of benzene rings is 1. The molecular formula is C16H24ClNO3. The van der Waals surface area contributed by atoms with Crippen LogP contribution < -0.4 is 10.1 Å². The maximum Gasteiger partial charge on any atom is 0.120 e. The molecule has 1 saturated carbocycles. The van der Waals surface area contributed by atoms with Crippen molar-refractivity contribution in [3.8, 4) is 5.75 Å². The summed E-state index contributed by atoms with van der Waals surface area (Å²) in [5.74, 6) is 1.60. The van der Waals surface area contributed by atoms with E-state index >= 15 is 0 Å². The number of aliphatic hydroxyl groups is 2. The molecule has 2 rings (SSSR count). The molecule has 0 spiro atoms. The maximum atomic E-state index is 9.91. The third-order valence-electron chi connectivity index (χ3n) is 4.08. The first-order valence-corrected chi connectivity index (χ1v) is 7.95. The highest BCUT2D eigenvalue weighted by Gasteiger charge is 2.26. The standard InChI is InChI=1S/C16H24ClNO3/c17-14-5-2-6-16(7-14)21-11-15(20)9-18-8-12-3-1-4-13(12)10-19/h2,5-7,12-13,15,18-20H,1,3-4,8-11H2. The van der Waals surface area contributed by atoms with Gasteiger partial charge in [0, 0.05) is 18.2 Å². The van der Waals surface area contributed by atoms with Crippen molar-refractivity contribution in [1.29, 1.82) is 0 Å². The van der Waals surface area contributed by atoms with Gasteiger partial charge in [-0.3, -0.25) is 0 Å². The molecule has 21 heavy (non-hydrogen) atoms. The molecule has 1 aromatic carbocycles. The van der Waals surface area contributed by atoms with Crippen LogP contribution in [0.15, 0.2) is 24.3 Å². The Morgan fingerprint density at radius 3 is 2.90 bits per heavy atom. The molecule has 1 aromatic rings. The lowest BCUT2D eigenvalue weighted by Gasteiger charge is -2.19. The zero-order valence-corrected chi connectivity index (χ0v) is 12.9. The Balaban J connectivity index is 1.62.